The summed E-state index contributed by atoms with van der Waals surface area (Å²) in [6.07, 6.45) is 3.69. The molecule has 0 saturated heterocycles. The van der Waals surface area contributed by atoms with Crippen LogP contribution < -0.4 is 4.90 Å². The Kier molecular flexibility index (Phi) is 4.96. The number of pyridine rings is 1. The normalized spacial score (nSPS) is 13.8. The molecule has 1 aliphatic rings. The molecule has 0 N–H and O–H groups in total. The van der Waals surface area contributed by atoms with Gasteiger partial charge in [0.2, 0.25) is 0 Å². The molecule has 208 valence electrons. The van der Waals surface area contributed by atoms with Crippen LogP contribution in [-0.2, 0) is 5.41 Å². The van der Waals surface area contributed by atoms with Crippen LogP contribution in [0.3, 0.4) is 0 Å². The monoisotopic (exact) mass is 566 g/mol. The lowest BCUT2D eigenvalue weighted by molar-refractivity contribution is 0.632. The molecule has 44 heavy (non-hydrogen) atoms. The van der Waals surface area contributed by atoms with Gasteiger partial charge in [0.1, 0.15) is 11.2 Å². The third-order valence-electron chi connectivity index (χ3n) is 9.29. The fourth-order valence-electron chi connectivity index (χ4n) is 7.19. The first kappa shape index (κ1) is 24.7. The maximum absolute atomic E-state index is 9.55. The third kappa shape index (κ3) is 3.31. The summed E-state index contributed by atoms with van der Waals surface area (Å²) in [7, 11) is 0. The Hall–Kier alpha value is -5.86. The van der Waals surface area contributed by atoms with E-state index in [9.17, 15) is 5.26 Å². The van der Waals surface area contributed by atoms with E-state index in [1.165, 1.54) is 22.5 Å². The molecule has 5 heteroatoms. The van der Waals surface area contributed by atoms with E-state index >= 15 is 0 Å². The number of fused-ring (bicyclic) bond motifs is 8. The van der Waals surface area contributed by atoms with Gasteiger partial charge in [-0.05, 0) is 83.9 Å². The van der Waals surface area contributed by atoms with Crippen LogP contribution in [0.15, 0.2) is 126 Å². The SMILES string of the molecule is CC1(C)c2ccccc2N(c2ccc3oc4ccc(-n5c6ccncc6c6cc(C#N)ccc65)cc4c3c2)c2ccccc21. The van der Waals surface area contributed by atoms with Crippen LogP contribution in [0, 0.1) is 11.3 Å². The first-order chi connectivity index (χ1) is 21.5. The lowest BCUT2D eigenvalue weighted by Gasteiger charge is -2.42. The molecule has 0 fully saturated rings. The van der Waals surface area contributed by atoms with Crippen molar-refractivity contribution in [3.05, 3.63) is 138 Å². The van der Waals surface area contributed by atoms with E-state index in [2.05, 4.69) is 119 Å². The van der Waals surface area contributed by atoms with Crippen LogP contribution in [0.25, 0.3) is 49.4 Å². The predicted molar refractivity (Wildman–Crippen MR) is 177 cm³/mol. The summed E-state index contributed by atoms with van der Waals surface area (Å²) in [5, 5.41) is 13.7. The minimum absolute atomic E-state index is 0.114. The topological polar surface area (TPSA) is 58.0 Å². The van der Waals surface area contributed by atoms with Crippen molar-refractivity contribution in [2.24, 2.45) is 0 Å². The number of hydrogen-bond donors (Lipinski definition) is 0. The van der Waals surface area contributed by atoms with Crippen molar-refractivity contribution in [1.29, 1.82) is 5.26 Å². The molecule has 3 aromatic heterocycles. The number of nitriles is 1. The van der Waals surface area contributed by atoms with Gasteiger partial charge in [0.15, 0.2) is 0 Å². The molecule has 0 amide bonds. The standard InChI is InChI=1S/C39H26N4O/c1-39(2)31-7-3-5-9-35(31)43(36-10-6-4-8-32(36)39)26-13-16-38-29(21-26)28-20-25(12-15-37(28)44-38)42-33-14-11-24(22-40)19-27(33)30-23-41-18-17-34(30)42/h3-21,23H,1-2H3. The molecule has 0 bridgehead atoms. The second-order valence-electron chi connectivity index (χ2n) is 12.0. The van der Waals surface area contributed by atoms with Gasteiger partial charge in [-0.2, -0.15) is 5.26 Å². The van der Waals surface area contributed by atoms with E-state index in [4.69, 9.17) is 4.42 Å². The van der Waals surface area contributed by atoms with Crippen LogP contribution in [0.5, 0.6) is 0 Å². The Morgan fingerprint density at radius 1 is 0.659 bits per heavy atom. The first-order valence-corrected chi connectivity index (χ1v) is 14.8. The molecular weight excluding hydrogens is 540 g/mol. The lowest BCUT2D eigenvalue weighted by Crippen LogP contribution is -2.30. The number of hydrogen-bond acceptors (Lipinski definition) is 4. The van der Waals surface area contributed by atoms with Gasteiger partial charge < -0.3 is 13.9 Å². The minimum Gasteiger partial charge on any atom is -0.456 e. The molecule has 0 saturated carbocycles. The number of rotatable bonds is 2. The second-order valence-corrected chi connectivity index (χ2v) is 12.0. The molecule has 0 unspecified atom stereocenters. The maximum Gasteiger partial charge on any atom is 0.135 e. The average Bonchev–Trinajstić information content (AvgIpc) is 3.59. The quantitative estimate of drug-likeness (QED) is 0.209. The molecule has 0 spiro atoms. The molecule has 1 aliphatic heterocycles. The number of furan rings is 1. The molecular formula is C39H26N4O. The van der Waals surface area contributed by atoms with Gasteiger partial charge in [-0.1, -0.05) is 50.2 Å². The highest BCUT2D eigenvalue weighted by Gasteiger charge is 2.36. The number of nitrogens with zero attached hydrogens (tertiary/aromatic N) is 4. The Morgan fingerprint density at radius 2 is 1.30 bits per heavy atom. The van der Waals surface area contributed by atoms with E-state index in [0.717, 1.165) is 55.1 Å². The molecule has 0 aliphatic carbocycles. The summed E-state index contributed by atoms with van der Waals surface area (Å²) in [4.78, 5) is 6.77. The smallest absolute Gasteiger partial charge is 0.135 e. The predicted octanol–water partition coefficient (Wildman–Crippen LogP) is 10.1. The zero-order chi connectivity index (χ0) is 29.6. The molecule has 8 aromatic rings. The number of para-hydroxylation sites is 2. The molecule has 5 aromatic carbocycles. The van der Waals surface area contributed by atoms with E-state index in [-0.39, 0.29) is 5.41 Å². The Morgan fingerprint density at radius 3 is 2.00 bits per heavy atom. The van der Waals surface area contributed by atoms with Crippen molar-refractivity contribution in [2.45, 2.75) is 19.3 Å². The van der Waals surface area contributed by atoms with E-state index in [1.54, 1.807) is 0 Å². The van der Waals surface area contributed by atoms with Crippen molar-refractivity contribution in [3.63, 3.8) is 0 Å². The third-order valence-corrected chi connectivity index (χ3v) is 9.29. The van der Waals surface area contributed by atoms with Crippen LogP contribution in [0.2, 0.25) is 0 Å². The van der Waals surface area contributed by atoms with E-state index < -0.39 is 0 Å². The zero-order valence-corrected chi connectivity index (χ0v) is 24.2. The van der Waals surface area contributed by atoms with Crippen molar-refractivity contribution in [3.8, 4) is 11.8 Å². The average molecular weight is 567 g/mol. The van der Waals surface area contributed by atoms with E-state index in [0.29, 0.717) is 5.56 Å². The fraction of sp³-hybridized carbons (Fsp3) is 0.0769. The summed E-state index contributed by atoms with van der Waals surface area (Å²) < 4.78 is 8.62. The van der Waals surface area contributed by atoms with Crippen LogP contribution in [0.1, 0.15) is 30.5 Å². The van der Waals surface area contributed by atoms with Crippen molar-refractivity contribution in [2.75, 3.05) is 4.90 Å². The summed E-state index contributed by atoms with van der Waals surface area (Å²) in [6, 6.07) is 40.5. The van der Waals surface area contributed by atoms with Crippen molar-refractivity contribution >= 4 is 60.8 Å². The molecule has 5 nitrogen and oxygen atoms in total. The van der Waals surface area contributed by atoms with Crippen molar-refractivity contribution in [1.82, 2.24) is 9.55 Å². The first-order valence-electron chi connectivity index (χ1n) is 14.8. The summed E-state index contributed by atoms with van der Waals surface area (Å²) >= 11 is 0. The minimum atomic E-state index is -0.114. The molecule has 0 atom stereocenters. The van der Waals surface area contributed by atoms with Gasteiger partial charge >= 0.3 is 0 Å². The van der Waals surface area contributed by atoms with Gasteiger partial charge in [0.25, 0.3) is 0 Å². The van der Waals surface area contributed by atoms with Gasteiger partial charge in [-0.25, -0.2) is 0 Å². The lowest BCUT2D eigenvalue weighted by atomic mass is 9.73. The molecule has 9 rings (SSSR count). The number of aromatic nitrogens is 2. The highest BCUT2D eigenvalue weighted by molar-refractivity contribution is 6.11. The van der Waals surface area contributed by atoms with Gasteiger partial charge in [0.05, 0.1) is 34.0 Å². The largest absolute Gasteiger partial charge is 0.456 e. The summed E-state index contributed by atoms with van der Waals surface area (Å²) in [5.74, 6) is 0. The Labute approximate surface area is 253 Å². The second kappa shape index (κ2) is 8.82. The van der Waals surface area contributed by atoms with Gasteiger partial charge in [0, 0.05) is 50.7 Å². The Bertz CT molecular complexity index is 2460. The molecule has 4 heterocycles. The summed E-state index contributed by atoms with van der Waals surface area (Å²) in [6.45, 7) is 4.62. The highest BCUT2D eigenvalue weighted by atomic mass is 16.3. The van der Waals surface area contributed by atoms with Crippen LogP contribution in [-0.4, -0.2) is 9.55 Å². The van der Waals surface area contributed by atoms with Crippen LogP contribution in [0.4, 0.5) is 17.1 Å². The zero-order valence-electron chi connectivity index (χ0n) is 24.2. The fourth-order valence-corrected chi connectivity index (χ4v) is 7.19. The van der Waals surface area contributed by atoms with Gasteiger partial charge in [-0.15, -0.1) is 0 Å². The van der Waals surface area contributed by atoms with E-state index in [1.807, 2.05) is 36.7 Å². The molecule has 0 radical (unpaired) electrons. The number of anilines is 3. The highest BCUT2D eigenvalue weighted by Crippen LogP contribution is 2.52. The number of benzene rings is 5. The maximum atomic E-state index is 9.55. The van der Waals surface area contributed by atoms with Crippen LogP contribution >= 0.6 is 0 Å². The summed E-state index contributed by atoms with van der Waals surface area (Å²) in [5.41, 5.74) is 11.4. The van der Waals surface area contributed by atoms with Crippen molar-refractivity contribution < 1.29 is 4.42 Å². The van der Waals surface area contributed by atoms with Gasteiger partial charge in [-0.3, -0.25) is 4.98 Å². The Balaban J connectivity index is 1.27.